The molecule has 0 amide bonds. The summed E-state index contributed by atoms with van der Waals surface area (Å²) < 4.78 is 44.8. The molecule has 20 heavy (non-hydrogen) atoms. The largest absolute Gasteiger partial charge is 0.494 e. The first-order valence-electron chi connectivity index (χ1n) is 6.57. The number of methoxy groups -OCH3 is 1. The summed E-state index contributed by atoms with van der Waals surface area (Å²) in [7, 11) is -2.33. The molecule has 1 aromatic rings. The number of rotatable bonds is 6. The molecule has 0 aromatic heterocycles. The number of hydrogen-bond donors (Lipinski definition) is 2. The third kappa shape index (κ3) is 3.68. The molecule has 0 aliphatic carbocycles. The van der Waals surface area contributed by atoms with Crippen molar-refractivity contribution in [3.63, 3.8) is 0 Å². The van der Waals surface area contributed by atoms with Crippen molar-refractivity contribution in [2.45, 2.75) is 17.7 Å². The molecule has 0 radical (unpaired) electrons. The van der Waals surface area contributed by atoms with Crippen molar-refractivity contribution in [1.82, 2.24) is 10.0 Å². The van der Waals surface area contributed by atoms with Gasteiger partial charge in [-0.1, -0.05) is 0 Å². The van der Waals surface area contributed by atoms with Gasteiger partial charge in [-0.15, -0.1) is 0 Å². The fraction of sp³-hybridized carbons (Fsp3) is 0.538. The molecule has 1 saturated heterocycles. The average molecular weight is 302 g/mol. The Bertz CT molecular complexity index is 557. The van der Waals surface area contributed by atoms with Crippen molar-refractivity contribution in [3.05, 3.63) is 24.0 Å². The third-order valence-corrected chi connectivity index (χ3v) is 4.90. The van der Waals surface area contributed by atoms with Crippen LogP contribution in [0.2, 0.25) is 0 Å². The standard InChI is InChI=1S/C13H19FN2O3S/c1-19-13-3-2-11(8-12(13)14)20(17,18)16-7-5-10-4-6-15-9-10/h2-3,8,10,15-16H,4-7,9H2,1H3. The van der Waals surface area contributed by atoms with Crippen LogP contribution in [0, 0.1) is 11.7 Å². The lowest BCUT2D eigenvalue weighted by Crippen LogP contribution is -2.26. The van der Waals surface area contributed by atoms with E-state index in [1.165, 1.54) is 19.2 Å². The van der Waals surface area contributed by atoms with Gasteiger partial charge in [0.2, 0.25) is 10.0 Å². The minimum absolute atomic E-state index is 0.0287. The second kappa shape index (κ2) is 6.51. The maximum atomic E-state index is 13.5. The molecule has 1 fully saturated rings. The van der Waals surface area contributed by atoms with Gasteiger partial charge in [0.05, 0.1) is 12.0 Å². The van der Waals surface area contributed by atoms with E-state index in [-0.39, 0.29) is 10.6 Å². The van der Waals surface area contributed by atoms with E-state index in [1.54, 1.807) is 0 Å². The Labute approximate surface area is 118 Å². The van der Waals surface area contributed by atoms with Gasteiger partial charge in [-0.2, -0.15) is 0 Å². The minimum atomic E-state index is -3.67. The quantitative estimate of drug-likeness (QED) is 0.826. The summed E-state index contributed by atoms with van der Waals surface area (Å²) in [6.07, 6.45) is 1.85. The molecule has 0 spiro atoms. The van der Waals surface area contributed by atoms with Gasteiger partial charge in [-0.05, 0) is 50.0 Å². The maximum absolute atomic E-state index is 13.5. The predicted octanol–water partition coefficient (Wildman–Crippen LogP) is 1.11. The van der Waals surface area contributed by atoms with Crippen LogP contribution in [0.1, 0.15) is 12.8 Å². The van der Waals surface area contributed by atoms with Crippen LogP contribution in [0.15, 0.2) is 23.1 Å². The Kier molecular flexibility index (Phi) is 4.95. The normalized spacial score (nSPS) is 19.2. The molecule has 5 nitrogen and oxygen atoms in total. The van der Waals surface area contributed by atoms with Crippen molar-refractivity contribution in [2.24, 2.45) is 5.92 Å². The Morgan fingerprint density at radius 3 is 2.90 bits per heavy atom. The van der Waals surface area contributed by atoms with Gasteiger partial charge in [-0.25, -0.2) is 17.5 Å². The molecule has 2 rings (SSSR count). The van der Waals surface area contributed by atoms with Crippen molar-refractivity contribution < 1.29 is 17.5 Å². The third-order valence-electron chi connectivity index (χ3n) is 3.44. The molecule has 2 N–H and O–H groups in total. The van der Waals surface area contributed by atoms with E-state index >= 15 is 0 Å². The van der Waals surface area contributed by atoms with Crippen LogP contribution in [0.25, 0.3) is 0 Å². The summed E-state index contributed by atoms with van der Waals surface area (Å²) in [5, 5.41) is 3.23. The summed E-state index contributed by atoms with van der Waals surface area (Å²) in [4.78, 5) is -0.0830. The lowest BCUT2D eigenvalue weighted by Gasteiger charge is -2.10. The van der Waals surface area contributed by atoms with Gasteiger partial charge >= 0.3 is 0 Å². The Morgan fingerprint density at radius 1 is 1.50 bits per heavy atom. The van der Waals surface area contributed by atoms with Gasteiger partial charge < -0.3 is 10.1 Å². The molecule has 1 unspecified atom stereocenters. The van der Waals surface area contributed by atoms with E-state index in [4.69, 9.17) is 4.74 Å². The fourth-order valence-electron chi connectivity index (χ4n) is 2.26. The highest BCUT2D eigenvalue weighted by atomic mass is 32.2. The minimum Gasteiger partial charge on any atom is -0.494 e. The van der Waals surface area contributed by atoms with Crippen LogP contribution in [0.4, 0.5) is 4.39 Å². The van der Waals surface area contributed by atoms with Crippen LogP contribution >= 0.6 is 0 Å². The van der Waals surface area contributed by atoms with Gasteiger partial charge in [0.25, 0.3) is 0 Å². The Hall–Kier alpha value is -1.18. The Balaban J connectivity index is 1.96. The summed E-state index contributed by atoms with van der Waals surface area (Å²) in [5.74, 6) is -0.151. The van der Waals surface area contributed by atoms with E-state index < -0.39 is 15.8 Å². The van der Waals surface area contributed by atoms with Crippen molar-refractivity contribution in [3.8, 4) is 5.75 Å². The van der Waals surface area contributed by atoms with Gasteiger partial charge in [0.1, 0.15) is 0 Å². The molecule has 1 aliphatic rings. The number of ether oxygens (including phenoxy) is 1. The van der Waals surface area contributed by atoms with Crippen molar-refractivity contribution in [2.75, 3.05) is 26.7 Å². The second-order valence-corrected chi connectivity index (χ2v) is 6.61. The van der Waals surface area contributed by atoms with Crippen LogP contribution < -0.4 is 14.8 Å². The number of benzene rings is 1. The highest BCUT2D eigenvalue weighted by Crippen LogP contribution is 2.20. The molecule has 7 heteroatoms. The summed E-state index contributed by atoms with van der Waals surface area (Å²) in [6.45, 7) is 2.28. The highest BCUT2D eigenvalue weighted by Gasteiger charge is 2.18. The first-order valence-corrected chi connectivity index (χ1v) is 8.05. The number of halogens is 1. The molecule has 1 aromatic carbocycles. The zero-order valence-electron chi connectivity index (χ0n) is 11.4. The SMILES string of the molecule is COc1ccc(S(=O)(=O)NCCC2CCNC2)cc1F. The number of nitrogens with one attached hydrogen (secondary N) is 2. The molecule has 112 valence electrons. The number of hydrogen-bond acceptors (Lipinski definition) is 4. The van der Waals surface area contributed by atoms with E-state index in [9.17, 15) is 12.8 Å². The second-order valence-electron chi connectivity index (χ2n) is 4.84. The monoisotopic (exact) mass is 302 g/mol. The van der Waals surface area contributed by atoms with Crippen molar-refractivity contribution >= 4 is 10.0 Å². The zero-order valence-corrected chi connectivity index (χ0v) is 12.2. The molecular formula is C13H19FN2O3S. The van der Waals surface area contributed by atoms with Crippen LogP contribution in [0.3, 0.4) is 0 Å². The summed E-state index contributed by atoms with van der Waals surface area (Å²) in [6, 6.07) is 3.62. The Morgan fingerprint density at radius 2 is 2.30 bits per heavy atom. The molecule has 0 saturated carbocycles. The lowest BCUT2D eigenvalue weighted by atomic mass is 10.1. The topological polar surface area (TPSA) is 67.4 Å². The highest BCUT2D eigenvalue weighted by molar-refractivity contribution is 7.89. The zero-order chi connectivity index (χ0) is 14.6. The molecule has 1 aliphatic heterocycles. The van der Waals surface area contributed by atoms with Crippen LogP contribution in [0.5, 0.6) is 5.75 Å². The molecule has 0 bridgehead atoms. The van der Waals surface area contributed by atoms with E-state index in [1.807, 2.05) is 0 Å². The van der Waals surface area contributed by atoms with E-state index in [0.717, 1.165) is 32.0 Å². The van der Waals surface area contributed by atoms with Crippen molar-refractivity contribution in [1.29, 1.82) is 0 Å². The lowest BCUT2D eigenvalue weighted by molar-refractivity contribution is 0.385. The average Bonchev–Trinajstić information content (AvgIpc) is 2.91. The van der Waals surface area contributed by atoms with Crippen LogP contribution in [-0.2, 0) is 10.0 Å². The smallest absolute Gasteiger partial charge is 0.240 e. The van der Waals surface area contributed by atoms with Crippen LogP contribution in [-0.4, -0.2) is 35.2 Å². The van der Waals surface area contributed by atoms with Gasteiger partial charge in [0, 0.05) is 6.54 Å². The van der Waals surface area contributed by atoms with E-state index in [2.05, 4.69) is 10.0 Å². The van der Waals surface area contributed by atoms with Gasteiger partial charge in [-0.3, -0.25) is 0 Å². The summed E-state index contributed by atoms with van der Waals surface area (Å²) >= 11 is 0. The van der Waals surface area contributed by atoms with Gasteiger partial charge in [0.15, 0.2) is 11.6 Å². The summed E-state index contributed by atoms with van der Waals surface area (Å²) in [5.41, 5.74) is 0. The molecular weight excluding hydrogens is 283 g/mol. The predicted molar refractivity (Wildman–Crippen MR) is 73.7 cm³/mol. The van der Waals surface area contributed by atoms with E-state index in [0.29, 0.717) is 12.5 Å². The molecule has 1 atom stereocenters. The molecule has 1 heterocycles. The fourth-order valence-corrected chi connectivity index (χ4v) is 3.31. The maximum Gasteiger partial charge on any atom is 0.240 e. The first kappa shape index (κ1) is 15.2. The number of sulfonamides is 1. The first-order chi connectivity index (χ1) is 9.53.